The van der Waals surface area contributed by atoms with E-state index in [1.54, 1.807) is 0 Å². The zero-order valence-electron chi connectivity index (χ0n) is 14.9. The lowest BCUT2D eigenvalue weighted by Crippen LogP contribution is -2.36. The molecule has 0 radical (unpaired) electrons. The predicted molar refractivity (Wildman–Crippen MR) is 97.9 cm³/mol. The van der Waals surface area contributed by atoms with Gasteiger partial charge in [0.05, 0.1) is 18.8 Å². The largest absolute Gasteiger partial charge is 0.359 e. The first kappa shape index (κ1) is 18.0. The van der Waals surface area contributed by atoms with Gasteiger partial charge in [-0.25, -0.2) is 4.99 Å². The maximum Gasteiger partial charge on any atom is 0.191 e. The van der Waals surface area contributed by atoms with Gasteiger partial charge in [0.25, 0.3) is 0 Å². The Kier molecular flexibility index (Phi) is 7.33. The molecule has 0 aliphatic carbocycles. The van der Waals surface area contributed by atoms with Crippen molar-refractivity contribution in [1.82, 2.24) is 15.8 Å². The van der Waals surface area contributed by atoms with E-state index in [4.69, 9.17) is 4.52 Å². The number of benzene rings is 1. The van der Waals surface area contributed by atoms with Crippen molar-refractivity contribution in [2.75, 3.05) is 6.54 Å². The molecule has 0 saturated heterocycles. The average Bonchev–Trinajstić information content (AvgIpc) is 3.08. The number of hydrogen-bond acceptors (Lipinski definition) is 3. The Morgan fingerprint density at radius 3 is 2.54 bits per heavy atom. The van der Waals surface area contributed by atoms with E-state index in [-0.39, 0.29) is 0 Å². The molecule has 0 aliphatic rings. The Bertz CT molecular complexity index is 617. The van der Waals surface area contributed by atoms with Crippen molar-refractivity contribution < 1.29 is 4.52 Å². The van der Waals surface area contributed by atoms with Crippen LogP contribution in [-0.4, -0.2) is 17.7 Å². The summed E-state index contributed by atoms with van der Waals surface area (Å²) in [5.74, 6) is 2.09. The summed E-state index contributed by atoms with van der Waals surface area (Å²) in [4.78, 5) is 4.61. The molecule has 0 atom stereocenters. The minimum Gasteiger partial charge on any atom is -0.359 e. The molecular formula is C19H28N4O. The van der Waals surface area contributed by atoms with Crippen LogP contribution in [0.3, 0.4) is 0 Å². The molecule has 24 heavy (non-hydrogen) atoms. The van der Waals surface area contributed by atoms with Crippen LogP contribution in [0.1, 0.15) is 56.5 Å². The number of nitrogens with one attached hydrogen (secondary N) is 2. The summed E-state index contributed by atoms with van der Waals surface area (Å²) in [7, 11) is 0. The Morgan fingerprint density at radius 2 is 1.88 bits per heavy atom. The van der Waals surface area contributed by atoms with Gasteiger partial charge in [0.1, 0.15) is 0 Å². The molecule has 0 aliphatic heterocycles. The average molecular weight is 328 g/mol. The number of aromatic nitrogens is 1. The SMILES string of the molecule is CCNC(=NCc1ccccc1)NCc1cc(C(CC)CC)no1. The molecule has 2 rings (SSSR count). The minimum atomic E-state index is 0.475. The van der Waals surface area contributed by atoms with Crippen LogP contribution in [0.5, 0.6) is 0 Å². The summed E-state index contributed by atoms with van der Waals surface area (Å²) in [5, 5.41) is 10.8. The summed E-state index contributed by atoms with van der Waals surface area (Å²) in [6.45, 7) is 8.45. The monoisotopic (exact) mass is 328 g/mol. The third-order valence-electron chi connectivity index (χ3n) is 4.02. The fourth-order valence-electron chi connectivity index (χ4n) is 2.58. The molecule has 0 bridgehead atoms. The molecule has 0 fully saturated rings. The van der Waals surface area contributed by atoms with Gasteiger partial charge in [-0.2, -0.15) is 0 Å². The van der Waals surface area contributed by atoms with Gasteiger partial charge in [-0.3, -0.25) is 0 Å². The quantitative estimate of drug-likeness (QED) is 0.571. The van der Waals surface area contributed by atoms with Gasteiger partial charge in [0.15, 0.2) is 11.7 Å². The summed E-state index contributed by atoms with van der Waals surface area (Å²) < 4.78 is 5.45. The second kappa shape index (κ2) is 9.75. The van der Waals surface area contributed by atoms with E-state index in [0.29, 0.717) is 19.0 Å². The van der Waals surface area contributed by atoms with Gasteiger partial charge in [0.2, 0.25) is 0 Å². The van der Waals surface area contributed by atoms with Crippen molar-refractivity contribution in [1.29, 1.82) is 0 Å². The summed E-state index contributed by atoms with van der Waals surface area (Å²) >= 11 is 0. The third-order valence-corrected chi connectivity index (χ3v) is 4.02. The summed E-state index contributed by atoms with van der Waals surface area (Å²) in [6.07, 6.45) is 2.16. The number of nitrogens with zero attached hydrogens (tertiary/aromatic N) is 2. The smallest absolute Gasteiger partial charge is 0.191 e. The van der Waals surface area contributed by atoms with Gasteiger partial charge >= 0.3 is 0 Å². The predicted octanol–water partition coefficient (Wildman–Crippen LogP) is 3.83. The van der Waals surface area contributed by atoms with Crippen LogP contribution in [0.15, 0.2) is 45.9 Å². The van der Waals surface area contributed by atoms with Crippen LogP contribution in [-0.2, 0) is 13.1 Å². The first-order valence-electron chi connectivity index (χ1n) is 8.78. The molecule has 0 amide bonds. The van der Waals surface area contributed by atoms with Crippen LogP contribution in [0.4, 0.5) is 0 Å². The van der Waals surface area contributed by atoms with Crippen molar-refractivity contribution in [3.05, 3.63) is 53.4 Å². The Morgan fingerprint density at radius 1 is 1.12 bits per heavy atom. The van der Waals surface area contributed by atoms with E-state index in [1.165, 1.54) is 5.56 Å². The highest BCUT2D eigenvalue weighted by atomic mass is 16.5. The lowest BCUT2D eigenvalue weighted by molar-refractivity contribution is 0.368. The molecule has 1 aromatic heterocycles. The van der Waals surface area contributed by atoms with Crippen molar-refractivity contribution in [3.63, 3.8) is 0 Å². The van der Waals surface area contributed by atoms with Gasteiger partial charge in [-0.05, 0) is 25.3 Å². The van der Waals surface area contributed by atoms with Crippen LogP contribution < -0.4 is 10.6 Å². The van der Waals surface area contributed by atoms with Crippen molar-refractivity contribution >= 4 is 5.96 Å². The van der Waals surface area contributed by atoms with Crippen LogP contribution in [0.2, 0.25) is 0 Å². The molecule has 1 heterocycles. The van der Waals surface area contributed by atoms with E-state index in [0.717, 1.165) is 36.8 Å². The van der Waals surface area contributed by atoms with Gasteiger partial charge in [0, 0.05) is 18.5 Å². The first-order chi connectivity index (χ1) is 11.8. The molecular weight excluding hydrogens is 300 g/mol. The maximum atomic E-state index is 5.45. The molecule has 2 aromatic rings. The number of hydrogen-bond donors (Lipinski definition) is 2. The zero-order valence-corrected chi connectivity index (χ0v) is 14.9. The molecule has 5 heteroatoms. The van der Waals surface area contributed by atoms with Gasteiger partial charge in [-0.1, -0.05) is 49.3 Å². The fourth-order valence-corrected chi connectivity index (χ4v) is 2.58. The van der Waals surface area contributed by atoms with E-state index in [9.17, 15) is 0 Å². The normalized spacial score (nSPS) is 11.8. The number of guanidine groups is 1. The molecule has 2 N–H and O–H groups in total. The van der Waals surface area contributed by atoms with Crippen LogP contribution in [0, 0.1) is 0 Å². The van der Waals surface area contributed by atoms with Crippen molar-refractivity contribution in [2.24, 2.45) is 4.99 Å². The molecule has 1 aromatic carbocycles. The molecule has 130 valence electrons. The van der Waals surface area contributed by atoms with E-state index in [1.807, 2.05) is 24.3 Å². The van der Waals surface area contributed by atoms with Crippen molar-refractivity contribution in [3.8, 4) is 0 Å². The Labute approximate surface area is 144 Å². The highest BCUT2D eigenvalue weighted by Crippen LogP contribution is 2.22. The second-order valence-corrected chi connectivity index (χ2v) is 5.77. The first-order valence-corrected chi connectivity index (χ1v) is 8.78. The summed E-state index contributed by atoms with van der Waals surface area (Å²) in [5.41, 5.74) is 2.23. The fraction of sp³-hybridized carbons (Fsp3) is 0.474. The standard InChI is InChI=1S/C19H28N4O/c1-4-16(5-2)18-12-17(24-23-18)14-22-19(20-6-3)21-13-15-10-8-7-9-11-15/h7-12,16H,4-6,13-14H2,1-3H3,(H2,20,21,22). The third kappa shape index (κ3) is 5.41. The van der Waals surface area contributed by atoms with Crippen molar-refractivity contribution in [2.45, 2.75) is 52.6 Å². The number of rotatable bonds is 8. The lowest BCUT2D eigenvalue weighted by Gasteiger charge is -2.09. The molecule has 0 unspecified atom stereocenters. The summed E-state index contributed by atoms with van der Waals surface area (Å²) in [6, 6.07) is 12.3. The lowest BCUT2D eigenvalue weighted by atomic mass is 9.99. The van der Waals surface area contributed by atoms with Crippen LogP contribution >= 0.6 is 0 Å². The van der Waals surface area contributed by atoms with Gasteiger partial charge in [-0.15, -0.1) is 0 Å². The van der Waals surface area contributed by atoms with Crippen LogP contribution in [0.25, 0.3) is 0 Å². The topological polar surface area (TPSA) is 62.5 Å². The maximum absolute atomic E-state index is 5.45. The van der Waals surface area contributed by atoms with E-state index in [2.05, 4.69) is 53.7 Å². The molecule has 5 nitrogen and oxygen atoms in total. The van der Waals surface area contributed by atoms with E-state index >= 15 is 0 Å². The highest BCUT2D eigenvalue weighted by Gasteiger charge is 2.13. The minimum absolute atomic E-state index is 0.475. The molecule has 0 saturated carbocycles. The highest BCUT2D eigenvalue weighted by molar-refractivity contribution is 5.79. The van der Waals surface area contributed by atoms with Gasteiger partial charge < -0.3 is 15.2 Å². The Hall–Kier alpha value is -2.30. The van der Waals surface area contributed by atoms with E-state index < -0.39 is 0 Å². The molecule has 0 spiro atoms. The Balaban J connectivity index is 1.93. The second-order valence-electron chi connectivity index (χ2n) is 5.77. The number of aliphatic imine (C=N–C) groups is 1. The zero-order chi connectivity index (χ0) is 17.2.